The van der Waals surface area contributed by atoms with Crippen LogP contribution in [-0.4, -0.2) is 47.2 Å². The van der Waals surface area contributed by atoms with Gasteiger partial charge in [0.15, 0.2) is 0 Å². The molecule has 1 fully saturated rings. The molecule has 1 aliphatic rings. The molecule has 1 saturated heterocycles. The van der Waals surface area contributed by atoms with Crippen LogP contribution in [0.2, 0.25) is 0 Å². The molecule has 2 heterocycles. The highest BCUT2D eigenvalue weighted by Crippen LogP contribution is 2.22. The summed E-state index contributed by atoms with van der Waals surface area (Å²) in [5.41, 5.74) is 0. The first kappa shape index (κ1) is 11.6. The Morgan fingerprint density at radius 3 is 2.94 bits per heavy atom. The molecule has 1 aromatic rings. The van der Waals surface area contributed by atoms with Gasteiger partial charge in [0.2, 0.25) is 10.0 Å². The first-order valence-electron chi connectivity index (χ1n) is 5.19. The van der Waals surface area contributed by atoms with Crippen molar-refractivity contribution in [3.05, 3.63) is 12.4 Å². The van der Waals surface area contributed by atoms with Crippen LogP contribution < -0.4 is 0 Å². The van der Waals surface area contributed by atoms with Gasteiger partial charge in [-0.05, 0) is 12.3 Å². The standard InChI is InChI=1S/C9H15N3O3S/c1-7-6-12(3-2-9(7)13)16(14,15)8-4-10-11-5-8/h4-5,7,9,13H,2-3,6H2,1H3,(H,10,11). The van der Waals surface area contributed by atoms with E-state index in [-0.39, 0.29) is 10.8 Å². The summed E-state index contributed by atoms with van der Waals surface area (Å²) in [4.78, 5) is 0.177. The summed E-state index contributed by atoms with van der Waals surface area (Å²) >= 11 is 0. The van der Waals surface area contributed by atoms with E-state index in [1.165, 1.54) is 16.7 Å². The molecule has 2 atom stereocenters. The Morgan fingerprint density at radius 2 is 2.38 bits per heavy atom. The number of nitrogens with one attached hydrogen (secondary N) is 1. The molecule has 0 spiro atoms. The molecule has 1 aliphatic heterocycles. The number of sulfonamides is 1. The second-order valence-electron chi connectivity index (χ2n) is 4.13. The lowest BCUT2D eigenvalue weighted by Crippen LogP contribution is -2.44. The highest BCUT2D eigenvalue weighted by molar-refractivity contribution is 7.89. The molecule has 0 aliphatic carbocycles. The SMILES string of the molecule is CC1CN(S(=O)(=O)c2cn[nH]c2)CCC1O. The molecule has 0 saturated carbocycles. The molecule has 0 aromatic carbocycles. The topological polar surface area (TPSA) is 86.3 Å². The Hall–Kier alpha value is -0.920. The normalized spacial score (nSPS) is 28.1. The zero-order valence-corrected chi connectivity index (χ0v) is 9.81. The van der Waals surface area contributed by atoms with Crippen LogP contribution in [0.3, 0.4) is 0 Å². The van der Waals surface area contributed by atoms with Gasteiger partial charge < -0.3 is 5.11 Å². The summed E-state index contributed by atoms with van der Waals surface area (Å²) < 4.78 is 25.6. The summed E-state index contributed by atoms with van der Waals surface area (Å²) in [5, 5.41) is 15.7. The number of piperidine rings is 1. The highest BCUT2D eigenvalue weighted by Gasteiger charge is 2.32. The third kappa shape index (κ3) is 1.98. The van der Waals surface area contributed by atoms with Gasteiger partial charge in [0.05, 0.1) is 12.3 Å². The number of H-pyrrole nitrogens is 1. The van der Waals surface area contributed by atoms with E-state index in [1.807, 2.05) is 6.92 Å². The third-order valence-corrected chi connectivity index (χ3v) is 4.76. The van der Waals surface area contributed by atoms with Gasteiger partial charge in [-0.1, -0.05) is 6.92 Å². The average molecular weight is 245 g/mol. The number of aliphatic hydroxyl groups is 1. The summed E-state index contributed by atoms with van der Waals surface area (Å²) in [6.45, 7) is 2.56. The molecule has 2 rings (SSSR count). The zero-order chi connectivity index (χ0) is 11.8. The summed E-state index contributed by atoms with van der Waals surface area (Å²) in [7, 11) is -3.45. The van der Waals surface area contributed by atoms with Crippen molar-refractivity contribution in [2.45, 2.75) is 24.3 Å². The van der Waals surface area contributed by atoms with Crippen molar-refractivity contribution in [2.24, 2.45) is 5.92 Å². The molecule has 0 radical (unpaired) electrons. The number of aromatic amines is 1. The van der Waals surface area contributed by atoms with E-state index in [4.69, 9.17) is 0 Å². The van der Waals surface area contributed by atoms with Crippen LogP contribution in [0.15, 0.2) is 17.3 Å². The predicted octanol–water partition coefficient (Wildman–Crippen LogP) is -0.199. The van der Waals surface area contributed by atoms with E-state index in [9.17, 15) is 13.5 Å². The maximum atomic E-state index is 12.1. The van der Waals surface area contributed by atoms with Gasteiger partial charge in [0.1, 0.15) is 4.90 Å². The summed E-state index contributed by atoms with van der Waals surface area (Å²) in [6, 6.07) is 0. The molecule has 1 aromatic heterocycles. The van der Waals surface area contributed by atoms with E-state index < -0.39 is 16.1 Å². The Morgan fingerprint density at radius 1 is 1.62 bits per heavy atom. The first-order valence-corrected chi connectivity index (χ1v) is 6.63. The van der Waals surface area contributed by atoms with Crippen LogP contribution in [0.25, 0.3) is 0 Å². The number of nitrogens with zero attached hydrogens (tertiary/aromatic N) is 2. The molecule has 0 amide bonds. The van der Waals surface area contributed by atoms with Gasteiger partial charge in [-0.25, -0.2) is 8.42 Å². The monoisotopic (exact) mass is 245 g/mol. The molecule has 2 unspecified atom stereocenters. The zero-order valence-electron chi connectivity index (χ0n) is 9.00. The van der Waals surface area contributed by atoms with Crippen molar-refractivity contribution < 1.29 is 13.5 Å². The largest absolute Gasteiger partial charge is 0.393 e. The van der Waals surface area contributed by atoms with Crippen molar-refractivity contribution in [3.8, 4) is 0 Å². The van der Waals surface area contributed by atoms with Crippen LogP contribution in [-0.2, 0) is 10.0 Å². The van der Waals surface area contributed by atoms with Crippen LogP contribution in [0, 0.1) is 5.92 Å². The average Bonchev–Trinajstić information content (AvgIpc) is 2.75. The molecule has 7 heteroatoms. The van der Waals surface area contributed by atoms with Crippen molar-refractivity contribution in [2.75, 3.05) is 13.1 Å². The Balaban J connectivity index is 2.20. The van der Waals surface area contributed by atoms with Gasteiger partial charge >= 0.3 is 0 Å². The number of hydrogen-bond donors (Lipinski definition) is 2. The molecule has 16 heavy (non-hydrogen) atoms. The van der Waals surface area contributed by atoms with E-state index in [0.29, 0.717) is 19.5 Å². The Kier molecular flexibility index (Phi) is 3.00. The minimum atomic E-state index is -3.45. The van der Waals surface area contributed by atoms with Crippen molar-refractivity contribution >= 4 is 10.0 Å². The fraction of sp³-hybridized carbons (Fsp3) is 0.667. The molecular formula is C9H15N3O3S. The smallest absolute Gasteiger partial charge is 0.246 e. The maximum Gasteiger partial charge on any atom is 0.246 e. The first-order chi connectivity index (χ1) is 7.51. The summed E-state index contributed by atoms with van der Waals surface area (Å²) in [5.74, 6) is -0.0320. The molecular weight excluding hydrogens is 230 g/mol. The van der Waals surface area contributed by atoms with Crippen molar-refractivity contribution in [1.82, 2.24) is 14.5 Å². The highest BCUT2D eigenvalue weighted by atomic mass is 32.2. The van der Waals surface area contributed by atoms with Crippen LogP contribution in [0.4, 0.5) is 0 Å². The van der Waals surface area contributed by atoms with Gasteiger partial charge in [0, 0.05) is 19.3 Å². The van der Waals surface area contributed by atoms with E-state index in [0.717, 1.165) is 0 Å². The fourth-order valence-electron chi connectivity index (χ4n) is 1.84. The second-order valence-corrected chi connectivity index (χ2v) is 6.07. The number of hydrogen-bond acceptors (Lipinski definition) is 4. The van der Waals surface area contributed by atoms with E-state index >= 15 is 0 Å². The Bertz CT molecular complexity index is 443. The van der Waals surface area contributed by atoms with Gasteiger partial charge in [0.25, 0.3) is 0 Å². The molecule has 2 N–H and O–H groups in total. The third-order valence-electron chi connectivity index (χ3n) is 2.93. The van der Waals surface area contributed by atoms with Gasteiger partial charge in [-0.2, -0.15) is 9.40 Å². The van der Waals surface area contributed by atoms with E-state index in [1.54, 1.807) is 0 Å². The quantitative estimate of drug-likeness (QED) is 0.755. The molecule has 0 bridgehead atoms. The van der Waals surface area contributed by atoms with Crippen molar-refractivity contribution in [1.29, 1.82) is 0 Å². The van der Waals surface area contributed by atoms with Gasteiger partial charge in [-0.3, -0.25) is 5.10 Å². The van der Waals surface area contributed by atoms with Gasteiger partial charge in [-0.15, -0.1) is 0 Å². The predicted molar refractivity (Wildman–Crippen MR) is 57.1 cm³/mol. The number of rotatable bonds is 2. The van der Waals surface area contributed by atoms with Crippen molar-refractivity contribution in [3.63, 3.8) is 0 Å². The minimum Gasteiger partial charge on any atom is -0.393 e. The lowest BCUT2D eigenvalue weighted by atomic mass is 9.99. The molecule has 90 valence electrons. The summed E-state index contributed by atoms with van der Waals surface area (Å²) in [6.07, 6.45) is 2.74. The van der Waals surface area contributed by atoms with Crippen LogP contribution in [0.5, 0.6) is 0 Å². The van der Waals surface area contributed by atoms with Crippen LogP contribution in [0.1, 0.15) is 13.3 Å². The Labute approximate surface area is 94.3 Å². The lowest BCUT2D eigenvalue weighted by Gasteiger charge is -2.33. The number of aromatic nitrogens is 2. The van der Waals surface area contributed by atoms with E-state index in [2.05, 4.69) is 10.2 Å². The molecule has 6 nitrogen and oxygen atoms in total. The maximum absolute atomic E-state index is 12.1. The lowest BCUT2D eigenvalue weighted by molar-refractivity contribution is 0.0628. The number of aliphatic hydroxyl groups excluding tert-OH is 1. The second kappa shape index (κ2) is 4.15. The van der Waals surface area contributed by atoms with Crippen LogP contribution >= 0.6 is 0 Å². The fourth-order valence-corrected chi connectivity index (χ4v) is 3.31. The minimum absolute atomic E-state index is 0.0320.